The summed E-state index contributed by atoms with van der Waals surface area (Å²) in [5, 5.41) is 0.187. The summed E-state index contributed by atoms with van der Waals surface area (Å²) in [4.78, 5) is 0. The van der Waals surface area contributed by atoms with E-state index in [4.69, 9.17) is 17.3 Å². The van der Waals surface area contributed by atoms with Crippen molar-refractivity contribution in [3.05, 3.63) is 34.6 Å². The molecule has 0 heterocycles. The molecule has 0 bridgehead atoms. The van der Waals surface area contributed by atoms with E-state index in [-0.39, 0.29) is 16.9 Å². The topological polar surface area (TPSA) is 26.0 Å². The first-order valence-corrected chi connectivity index (χ1v) is 5.27. The third-order valence-corrected chi connectivity index (χ3v) is 3.40. The van der Waals surface area contributed by atoms with Crippen molar-refractivity contribution in [2.75, 3.05) is 0 Å². The van der Waals surface area contributed by atoms with Gasteiger partial charge in [0.1, 0.15) is 5.82 Å². The van der Waals surface area contributed by atoms with Crippen molar-refractivity contribution in [2.45, 2.75) is 25.3 Å². The molecule has 0 amide bonds. The van der Waals surface area contributed by atoms with Gasteiger partial charge in [0.2, 0.25) is 0 Å². The second-order valence-electron chi connectivity index (χ2n) is 3.86. The number of rotatable bonds is 2. The third-order valence-electron chi connectivity index (χ3n) is 3.00. The number of hydrogen-bond acceptors (Lipinski definition) is 1. The van der Waals surface area contributed by atoms with Crippen LogP contribution in [0.4, 0.5) is 4.39 Å². The van der Waals surface area contributed by atoms with Gasteiger partial charge in [-0.2, -0.15) is 0 Å². The normalized spacial score (nSPS) is 19.1. The molecule has 0 unspecified atom stereocenters. The minimum Gasteiger partial charge on any atom is -0.324 e. The van der Waals surface area contributed by atoms with Crippen LogP contribution in [-0.4, -0.2) is 0 Å². The first-order valence-electron chi connectivity index (χ1n) is 4.89. The zero-order chi connectivity index (χ0) is 10.1. The minimum absolute atomic E-state index is 0.105. The fourth-order valence-corrected chi connectivity index (χ4v) is 2.08. The van der Waals surface area contributed by atoms with Gasteiger partial charge in [-0.25, -0.2) is 4.39 Å². The highest BCUT2D eigenvalue weighted by molar-refractivity contribution is 6.31. The SMILES string of the molecule is N[C@H](c1cccc(F)c1Cl)C1CCC1. The van der Waals surface area contributed by atoms with Crippen LogP contribution in [0.5, 0.6) is 0 Å². The van der Waals surface area contributed by atoms with Gasteiger partial charge in [0.15, 0.2) is 0 Å². The lowest BCUT2D eigenvalue weighted by molar-refractivity contribution is 0.264. The highest BCUT2D eigenvalue weighted by Crippen LogP contribution is 2.38. The van der Waals surface area contributed by atoms with Crippen molar-refractivity contribution in [1.29, 1.82) is 0 Å². The highest BCUT2D eigenvalue weighted by atomic mass is 35.5. The summed E-state index contributed by atoms with van der Waals surface area (Å²) < 4.78 is 13.1. The van der Waals surface area contributed by atoms with Crippen LogP contribution in [0.25, 0.3) is 0 Å². The maximum atomic E-state index is 13.1. The van der Waals surface area contributed by atoms with Gasteiger partial charge in [0.25, 0.3) is 0 Å². The molecule has 76 valence electrons. The number of hydrogen-bond donors (Lipinski definition) is 1. The molecule has 1 aliphatic carbocycles. The van der Waals surface area contributed by atoms with Gasteiger partial charge in [0.05, 0.1) is 5.02 Å². The van der Waals surface area contributed by atoms with E-state index in [1.165, 1.54) is 12.5 Å². The molecule has 1 atom stereocenters. The van der Waals surface area contributed by atoms with Crippen LogP contribution < -0.4 is 5.73 Å². The van der Waals surface area contributed by atoms with E-state index >= 15 is 0 Å². The molecule has 1 aromatic carbocycles. The molecule has 1 aliphatic rings. The van der Waals surface area contributed by atoms with Crippen LogP contribution in [0.15, 0.2) is 18.2 Å². The van der Waals surface area contributed by atoms with Gasteiger partial charge in [0, 0.05) is 6.04 Å². The standard InChI is InChI=1S/C11H13ClFN/c12-10-8(5-2-6-9(10)13)11(14)7-3-1-4-7/h2,5-7,11H,1,3-4,14H2/t11-/m0/s1. The van der Waals surface area contributed by atoms with Crippen LogP contribution in [0.2, 0.25) is 5.02 Å². The smallest absolute Gasteiger partial charge is 0.142 e. The van der Waals surface area contributed by atoms with Gasteiger partial charge >= 0.3 is 0 Å². The summed E-state index contributed by atoms with van der Waals surface area (Å²) in [6, 6.07) is 4.73. The van der Waals surface area contributed by atoms with E-state index < -0.39 is 0 Å². The van der Waals surface area contributed by atoms with Crippen LogP contribution >= 0.6 is 11.6 Å². The summed E-state index contributed by atoms with van der Waals surface area (Å²) in [6.07, 6.45) is 3.49. The summed E-state index contributed by atoms with van der Waals surface area (Å²) in [7, 11) is 0. The summed E-state index contributed by atoms with van der Waals surface area (Å²) >= 11 is 5.86. The molecule has 1 fully saturated rings. The van der Waals surface area contributed by atoms with E-state index in [9.17, 15) is 4.39 Å². The van der Waals surface area contributed by atoms with E-state index in [1.54, 1.807) is 6.07 Å². The lowest BCUT2D eigenvalue weighted by Crippen LogP contribution is -2.27. The Hall–Kier alpha value is -0.600. The maximum absolute atomic E-state index is 13.1. The van der Waals surface area contributed by atoms with Crippen molar-refractivity contribution in [2.24, 2.45) is 11.7 Å². The molecule has 0 spiro atoms. The largest absolute Gasteiger partial charge is 0.324 e. The van der Waals surface area contributed by atoms with E-state index in [1.807, 2.05) is 6.07 Å². The molecule has 0 radical (unpaired) electrons. The molecule has 2 N–H and O–H groups in total. The molecule has 3 heteroatoms. The van der Waals surface area contributed by atoms with Gasteiger partial charge in [-0.15, -0.1) is 0 Å². The molecule has 14 heavy (non-hydrogen) atoms. The second-order valence-corrected chi connectivity index (χ2v) is 4.24. The van der Waals surface area contributed by atoms with Crippen LogP contribution in [0.3, 0.4) is 0 Å². The van der Waals surface area contributed by atoms with Gasteiger partial charge < -0.3 is 5.73 Å². The average Bonchev–Trinajstić information content (AvgIpc) is 2.06. The fourth-order valence-electron chi connectivity index (χ4n) is 1.83. The molecule has 2 rings (SSSR count). The van der Waals surface area contributed by atoms with Crippen molar-refractivity contribution < 1.29 is 4.39 Å². The number of nitrogens with two attached hydrogens (primary N) is 1. The van der Waals surface area contributed by atoms with Gasteiger partial charge in [-0.3, -0.25) is 0 Å². The van der Waals surface area contributed by atoms with E-state index in [2.05, 4.69) is 0 Å². The first-order chi connectivity index (χ1) is 6.70. The van der Waals surface area contributed by atoms with Gasteiger partial charge in [-0.1, -0.05) is 30.2 Å². The van der Waals surface area contributed by atoms with E-state index in [0.717, 1.165) is 18.4 Å². The summed E-state index contributed by atoms with van der Waals surface area (Å²) in [5.41, 5.74) is 6.77. The number of halogens is 2. The predicted octanol–water partition coefficient (Wildman–Crippen LogP) is 3.28. The Morgan fingerprint density at radius 3 is 2.71 bits per heavy atom. The number of benzene rings is 1. The van der Waals surface area contributed by atoms with E-state index in [0.29, 0.717) is 5.92 Å². The highest BCUT2D eigenvalue weighted by Gasteiger charge is 2.27. The third kappa shape index (κ3) is 1.64. The molecule has 0 saturated heterocycles. The lowest BCUT2D eigenvalue weighted by Gasteiger charge is -2.31. The Bertz CT molecular complexity index is 336. The van der Waals surface area contributed by atoms with Crippen LogP contribution in [-0.2, 0) is 0 Å². The predicted molar refractivity (Wildman–Crippen MR) is 55.7 cm³/mol. The van der Waals surface area contributed by atoms with Crippen LogP contribution in [0, 0.1) is 11.7 Å². The average molecular weight is 214 g/mol. The zero-order valence-electron chi connectivity index (χ0n) is 7.84. The van der Waals surface area contributed by atoms with Gasteiger partial charge in [-0.05, 0) is 30.4 Å². The molecular weight excluding hydrogens is 201 g/mol. The molecular formula is C11H13ClFN. The zero-order valence-corrected chi connectivity index (χ0v) is 8.60. The van der Waals surface area contributed by atoms with Crippen LogP contribution in [0.1, 0.15) is 30.9 Å². The summed E-state index contributed by atoms with van der Waals surface area (Å²) in [6.45, 7) is 0. The molecule has 0 aliphatic heterocycles. The molecule has 1 nitrogen and oxygen atoms in total. The quantitative estimate of drug-likeness (QED) is 0.802. The van der Waals surface area contributed by atoms with Crippen molar-refractivity contribution >= 4 is 11.6 Å². The second kappa shape index (κ2) is 3.87. The Morgan fingerprint density at radius 1 is 1.43 bits per heavy atom. The fraction of sp³-hybridized carbons (Fsp3) is 0.455. The Morgan fingerprint density at radius 2 is 2.14 bits per heavy atom. The first kappa shape index (κ1) is 9.94. The minimum atomic E-state index is -0.376. The molecule has 0 aromatic heterocycles. The Kier molecular flexibility index (Phi) is 2.75. The Labute approximate surface area is 88.1 Å². The summed E-state index contributed by atoms with van der Waals surface area (Å²) in [5.74, 6) is 0.105. The monoisotopic (exact) mass is 213 g/mol. The van der Waals surface area contributed by atoms with Crippen molar-refractivity contribution in [3.63, 3.8) is 0 Å². The van der Waals surface area contributed by atoms with Crippen molar-refractivity contribution in [3.8, 4) is 0 Å². The van der Waals surface area contributed by atoms with Crippen molar-refractivity contribution in [1.82, 2.24) is 0 Å². The Balaban J connectivity index is 2.26. The molecule has 1 saturated carbocycles. The lowest BCUT2D eigenvalue weighted by atomic mass is 9.77. The molecule has 1 aromatic rings. The maximum Gasteiger partial charge on any atom is 0.142 e.